The van der Waals surface area contributed by atoms with Gasteiger partial charge in [0.2, 0.25) is 5.88 Å². The number of aromatic hydroxyl groups is 1. The van der Waals surface area contributed by atoms with E-state index in [2.05, 4.69) is 16.8 Å². The molecule has 5 heteroatoms. The largest absolute Gasteiger partial charge is 0.493 e. The molecule has 0 bridgehead atoms. The first kappa shape index (κ1) is 10.1. The summed E-state index contributed by atoms with van der Waals surface area (Å²) in [7, 11) is 0. The highest BCUT2D eigenvalue weighted by Crippen LogP contribution is 2.27. The monoisotopic (exact) mass is 230 g/mol. The van der Waals surface area contributed by atoms with Gasteiger partial charge in [0, 0.05) is 24.1 Å². The Kier molecular flexibility index (Phi) is 3.18. The van der Waals surface area contributed by atoms with Gasteiger partial charge in [-0.25, -0.2) is 0 Å². The molecule has 2 heterocycles. The number of hydrogen-bond donors (Lipinski definition) is 1. The van der Waals surface area contributed by atoms with Crippen molar-refractivity contribution in [2.45, 2.75) is 18.6 Å². The van der Waals surface area contributed by atoms with Crippen LogP contribution in [-0.4, -0.2) is 34.2 Å². The predicted octanol–water partition coefficient (Wildman–Crippen LogP) is 2.18. The smallest absolute Gasteiger partial charge is 0.223 e. The lowest BCUT2D eigenvalue weighted by atomic mass is 10.3. The fourth-order valence-electron chi connectivity index (χ4n) is 1.49. The van der Waals surface area contributed by atoms with Crippen molar-refractivity contribution >= 4 is 28.2 Å². The molecular formula is C9H14N2OS2. The summed E-state index contributed by atoms with van der Waals surface area (Å²) in [4.78, 5) is 6.36. The Morgan fingerprint density at radius 2 is 2.43 bits per heavy atom. The fourth-order valence-corrected chi connectivity index (χ4v) is 3.23. The lowest BCUT2D eigenvalue weighted by Gasteiger charge is -2.18. The van der Waals surface area contributed by atoms with E-state index in [-0.39, 0.29) is 5.88 Å². The van der Waals surface area contributed by atoms with Gasteiger partial charge in [-0.3, -0.25) is 0 Å². The number of rotatable bonds is 1. The van der Waals surface area contributed by atoms with Gasteiger partial charge in [0.05, 0.1) is 5.38 Å². The normalized spacial score (nSPS) is 23.5. The molecule has 1 N–H and O–H groups in total. The molecule has 0 saturated carbocycles. The minimum absolute atomic E-state index is 0.148. The van der Waals surface area contributed by atoms with Crippen LogP contribution in [-0.2, 0) is 0 Å². The molecule has 1 atom stereocenters. The zero-order valence-electron chi connectivity index (χ0n) is 8.14. The van der Waals surface area contributed by atoms with E-state index in [1.165, 1.54) is 17.8 Å². The molecular weight excluding hydrogens is 216 g/mol. The molecule has 0 radical (unpaired) electrons. The molecule has 1 aromatic rings. The Balaban J connectivity index is 2.04. The van der Waals surface area contributed by atoms with Crippen LogP contribution >= 0.6 is 23.1 Å². The maximum Gasteiger partial charge on any atom is 0.223 e. The van der Waals surface area contributed by atoms with E-state index < -0.39 is 0 Å². The maximum atomic E-state index is 9.17. The third-order valence-electron chi connectivity index (χ3n) is 2.32. The lowest BCUT2D eigenvalue weighted by molar-refractivity contribution is 0.457. The molecule has 1 unspecified atom stereocenters. The first-order valence-corrected chi connectivity index (χ1v) is 6.69. The van der Waals surface area contributed by atoms with E-state index >= 15 is 0 Å². The number of nitrogens with zero attached hydrogens (tertiary/aromatic N) is 2. The van der Waals surface area contributed by atoms with Crippen molar-refractivity contribution in [1.82, 2.24) is 4.98 Å². The maximum absolute atomic E-state index is 9.17. The van der Waals surface area contributed by atoms with Crippen LogP contribution in [0, 0.1) is 0 Å². The highest BCUT2D eigenvalue weighted by atomic mass is 32.2. The predicted molar refractivity (Wildman–Crippen MR) is 62.5 cm³/mol. The van der Waals surface area contributed by atoms with Gasteiger partial charge in [0.25, 0.3) is 0 Å². The number of anilines is 1. The standard InChI is InChI=1S/C9H14N2OS2/c1-7-2-3-11(4-5-13-7)9-10-8(12)6-14-9/h6-7,12H,2-5H2,1H3. The van der Waals surface area contributed by atoms with Gasteiger partial charge in [-0.1, -0.05) is 6.92 Å². The SMILES string of the molecule is CC1CCN(c2nc(O)cs2)CCS1. The highest BCUT2D eigenvalue weighted by Gasteiger charge is 2.16. The van der Waals surface area contributed by atoms with Crippen molar-refractivity contribution in [3.8, 4) is 5.88 Å². The van der Waals surface area contributed by atoms with Crippen LogP contribution in [0.25, 0.3) is 0 Å². The second-order valence-electron chi connectivity index (χ2n) is 3.45. The Labute approximate surface area is 92.2 Å². The zero-order chi connectivity index (χ0) is 9.97. The van der Waals surface area contributed by atoms with Crippen molar-refractivity contribution in [2.24, 2.45) is 0 Å². The summed E-state index contributed by atoms with van der Waals surface area (Å²) in [6.45, 7) is 4.37. The molecule has 1 saturated heterocycles. The van der Waals surface area contributed by atoms with Crippen molar-refractivity contribution in [3.63, 3.8) is 0 Å². The van der Waals surface area contributed by atoms with Gasteiger partial charge in [0.15, 0.2) is 5.13 Å². The molecule has 78 valence electrons. The van der Waals surface area contributed by atoms with E-state index in [9.17, 15) is 5.11 Å². The lowest BCUT2D eigenvalue weighted by Crippen LogP contribution is -2.25. The molecule has 0 amide bonds. The Morgan fingerprint density at radius 3 is 3.14 bits per heavy atom. The number of aromatic nitrogens is 1. The molecule has 0 aliphatic carbocycles. The van der Waals surface area contributed by atoms with Gasteiger partial charge < -0.3 is 10.0 Å². The van der Waals surface area contributed by atoms with Gasteiger partial charge in [-0.15, -0.1) is 11.3 Å². The molecule has 0 spiro atoms. The van der Waals surface area contributed by atoms with Crippen molar-refractivity contribution in [1.29, 1.82) is 0 Å². The van der Waals surface area contributed by atoms with E-state index in [1.807, 2.05) is 11.8 Å². The second kappa shape index (κ2) is 4.40. The van der Waals surface area contributed by atoms with Crippen LogP contribution < -0.4 is 4.90 Å². The van der Waals surface area contributed by atoms with Crippen molar-refractivity contribution in [3.05, 3.63) is 5.38 Å². The first-order chi connectivity index (χ1) is 6.75. The van der Waals surface area contributed by atoms with Crippen LogP contribution in [0.1, 0.15) is 13.3 Å². The van der Waals surface area contributed by atoms with E-state index in [4.69, 9.17) is 0 Å². The summed E-state index contributed by atoms with van der Waals surface area (Å²) in [5.41, 5.74) is 0. The van der Waals surface area contributed by atoms with Crippen LogP contribution in [0.5, 0.6) is 5.88 Å². The molecule has 1 fully saturated rings. The van der Waals surface area contributed by atoms with Gasteiger partial charge >= 0.3 is 0 Å². The third kappa shape index (κ3) is 2.33. The number of thiazole rings is 1. The second-order valence-corrected chi connectivity index (χ2v) is 5.83. The van der Waals surface area contributed by atoms with Gasteiger partial charge in [-0.2, -0.15) is 16.7 Å². The zero-order valence-corrected chi connectivity index (χ0v) is 9.77. The average molecular weight is 230 g/mol. The van der Waals surface area contributed by atoms with E-state index in [0.29, 0.717) is 0 Å². The Hall–Kier alpha value is -0.420. The van der Waals surface area contributed by atoms with Gasteiger partial charge in [-0.05, 0) is 6.42 Å². The highest BCUT2D eigenvalue weighted by molar-refractivity contribution is 7.99. The van der Waals surface area contributed by atoms with E-state index in [0.717, 1.165) is 29.2 Å². The van der Waals surface area contributed by atoms with Crippen LogP contribution in [0.4, 0.5) is 5.13 Å². The summed E-state index contributed by atoms with van der Waals surface area (Å²) in [6.07, 6.45) is 1.20. The van der Waals surface area contributed by atoms with Crippen LogP contribution in [0.15, 0.2) is 5.38 Å². The molecule has 2 rings (SSSR count). The average Bonchev–Trinajstić information content (AvgIpc) is 2.46. The third-order valence-corrected chi connectivity index (χ3v) is 4.43. The number of thioether (sulfide) groups is 1. The minimum atomic E-state index is 0.148. The van der Waals surface area contributed by atoms with Gasteiger partial charge in [0.1, 0.15) is 0 Å². The first-order valence-electron chi connectivity index (χ1n) is 4.77. The molecule has 3 nitrogen and oxygen atoms in total. The Bertz CT molecular complexity index is 303. The quantitative estimate of drug-likeness (QED) is 0.802. The summed E-state index contributed by atoms with van der Waals surface area (Å²) in [5.74, 6) is 1.30. The van der Waals surface area contributed by atoms with Crippen LogP contribution in [0.3, 0.4) is 0 Å². The summed E-state index contributed by atoms with van der Waals surface area (Å²) >= 11 is 3.54. The molecule has 14 heavy (non-hydrogen) atoms. The van der Waals surface area contributed by atoms with Crippen molar-refractivity contribution in [2.75, 3.05) is 23.7 Å². The summed E-state index contributed by atoms with van der Waals surface area (Å²) in [6, 6.07) is 0. The van der Waals surface area contributed by atoms with Crippen molar-refractivity contribution < 1.29 is 5.11 Å². The summed E-state index contributed by atoms with van der Waals surface area (Å²) in [5, 5.41) is 12.6. The topological polar surface area (TPSA) is 36.4 Å². The fraction of sp³-hybridized carbons (Fsp3) is 0.667. The minimum Gasteiger partial charge on any atom is -0.493 e. The molecule has 1 aliphatic rings. The Morgan fingerprint density at radius 1 is 1.57 bits per heavy atom. The molecule has 0 aromatic carbocycles. The number of hydrogen-bond acceptors (Lipinski definition) is 5. The molecule has 1 aliphatic heterocycles. The molecule has 1 aromatic heterocycles. The summed E-state index contributed by atoms with van der Waals surface area (Å²) < 4.78 is 0. The van der Waals surface area contributed by atoms with E-state index in [1.54, 1.807) is 5.38 Å². The van der Waals surface area contributed by atoms with Crippen LogP contribution in [0.2, 0.25) is 0 Å².